The molecule has 0 saturated carbocycles. The highest BCUT2D eigenvalue weighted by molar-refractivity contribution is 6.00. The molecule has 3 unspecified atom stereocenters. The van der Waals surface area contributed by atoms with Gasteiger partial charge in [0, 0.05) is 78.1 Å². The number of rotatable bonds is 15. The van der Waals surface area contributed by atoms with Gasteiger partial charge in [0.1, 0.15) is 47.4 Å². The number of carbonyl (C=O) groups is 2. The highest BCUT2D eigenvalue weighted by Crippen LogP contribution is 2.35. The topological polar surface area (TPSA) is 250 Å². The molecule has 6 aromatic heterocycles. The Morgan fingerprint density at radius 2 is 1.34 bits per heavy atom. The number of nitrogens with zero attached hydrogens (tertiary/aromatic N) is 8. The number of aromatic nitrogens is 6. The van der Waals surface area contributed by atoms with E-state index in [1.165, 1.54) is 52.5 Å². The summed E-state index contributed by atoms with van der Waals surface area (Å²) in [5, 5.41) is 53.1. The standard InChI is InChI=1S/C48H52F2N12O6/c1-47(2,65)39(49)22-57-45(63)34-20-53-41(61-8-7-29-10-27(16-51)18-55-43(29)61)14-36(34)60-33-12-31(24-68-26-33)38-13-30-11-28(17-52)19-56-44(30)62(38)42-15-37(59-32-6-5-9-67-25-32)35(21-54-42)46(64)58-23-40(50)48(3,4)66/h7-8,10-11,13-15,18-21,31-33,39-40,65-66H,5-6,9,12,22-26H2,1-4H3,(H,53,60)(H,54,59)(H,57,63)(H,58,64)/t31?,32?,33?,39-,40-/m1/s1. The number of alkyl halides is 2. The van der Waals surface area contributed by atoms with E-state index in [-0.39, 0.29) is 36.3 Å². The zero-order valence-electron chi connectivity index (χ0n) is 38.0. The maximum absolute atomic E-state index is 14.9. The van der Waals surface area contributed by atoms with Gasteiger partial charge in [0.2, 0.25) is 0 Å². The average molecular weight is 931 g/mol. The third-order valence-electron chi connectivity index (χ3n) is 12.1. The van der Waals surface area contributed by atoms with Gasteiger partial charge in [-0.1, -0.05) is 0 Å². The largest absolute Gasteiger partial charge is 0.387 e. The Labute approximate surface area is 390 Å². The maximum Gasteiger partial charge on any atom is 0.255 e. The Morgan fingerprint density at radius 3 is 1.94 bits per heavy atom. The van der Waals surface area contributed by atoms with Gasteiger partial charge in [0.25, 0.3) is 11.8 Å². The van der Waals surface area contributed by atoms with E-state index in [0.29, 0.717) is 75.8 Å². The van der Waals surface area contributed by atoms with Gasteiger partial charge in [-0.2, -0.15) is 10.5 Å². The van der Waals surface area contributed by atoms with E-state index in [1.54, 1.807) is 41.1 Å². The smallest absolute Gasteiger partial charge is 0.255 e. The second-order valence-corrected chi connectivity index (χ2v) is 18.3. The molecular formula is C48H52F2N12O6. The summed E-state index contributed by atoms with van der Waals surface area (Å²) < 4.78 is 45.2. The Balaban J connectivity index is 1.14. The quantitative estimate of drug-likeness (QED) is 0.0780. The molecule has 20 heteroatoms. The van der Waals surface area contributed by atoms with Crippen LogP contribution in [0.4, 0.5) is 20.2 Å². The first-order valence-electron chi connectivity index (χ1n) is 22.3. The molecule has 0 aromatic carbocycles. The number of anilines is 2. The molecule has 2 amide bonds. The molecule has 0 aliphatic carbocycles. The SMILES string of the molecule is CC(C)(O)[C@H](F)CNC(=O)c1cnc(-n2c(C3COCC(Nc4cc(-n5ccc6cc(C#N)cnc65)ncc4C(=O)NC[C@@H](F)C(C)(C)O)C3)cc3cc(C#N)cnc32)cc1NC1CCCOC1. The fourth-order valence-corrected chi connectivity index (χ4v) is 8.22. The van der Waals surface area contributed by atoms with Crippen LogP contribution in [-0.4, -0.2) is 126 Å². The molecule has 0 bridgehead atoms. The lowest BCUT2D eigenvalue weighted by Crippen LogP contribution is -2.42. The zero-order valence-corrected chi connectivity index (χ0v) is 38.0. The molecule has 18 nitrogen and oxygen atoms in total. The highest BCUT2D eigenvalue weighted by atomic mass is 19.1. The molecule has 8 rings (SSSR count). The summed E-state index contributed by atoms with van der Waals surface area (Å²) >= 11 is 0. The molecule has 6 aromatic rings. The van der Waals surface area contributed by atoms with Gasteiger partial charge in [-0.05, 0) is 71.2 Å². The Hall–Kier alpha value is -7.10. The molecule has 2 aliphatic rings. The summed E-state index contributed by atoms with van der Waals surface area (Å²) in [5.41, 5.74) is 0.142. The third kappa shape index (κ3) is 10.4. The van der Waals surface area contributed by atoms with Crippen LogP contribution in [-0.2, 0) is 9.47 Å². The number of pyridine rings is 4. The second kappa shape index (κ2) is 19.6. The molecule has 0 spiro atoms. The van der Waals surface area contributed by atoms with E-state index in [9.17, 15) is 39.1 Å². The summed E-state index contributed by atoms with van der Waals surface area (Å²) in [7, 11) is 0. The first-order valence-corrected chi connectivity index (χ1v) is 22.3. The first kappa shape index (κ1) is 47.4. The normalized spacial score (nSPS) is 18.6. The van der Waals surface area contributed by atoms with Crippen LogP contribution in [0, 0.1) is 22.7 Å². The minimum absolute atomic E-state index is 0.108. The van der Waals surface area contributed by atoms with E-state index < -0.39 is 54.5 Å². The number of hydrogen-bond donors (Lipinski definition) is 6. The fraction of sp³-hybridized carbons (Fsp3) is 0.417. The van der Waals surface area contributed by atoms with E-state index in [1.807, 2.05) is 10.6 Å². The number of amides is 2. The van der Waals surface area contributed by atoms with Crippen molar-refractivity contribution in [2.75, 3.05) is 50.2 Å². The fourth-order valence-electron chi connectivity index (χ4n) is 8.22. The number of halogens is 2. The third-order valence-corrected chi connectivity index (χ3v) is 12.1. The van der Waals surface area contributed by atoms with Crippen molar-refractivity contribution in [2.45, 2.75) is 88.5 Å². The van der Waals surface area contributed by atoms with Crippen LogP contribution in [0.3, 0.4) is 0 Å². The molecule has 8 heterocycles. The first-order chi connectivity index (χ1) is 32.5. The molecule has 2 fully saturated rings. The monoisotopic (exact) mass is 930 g/mol. The summed E-state index contributed by atoms with van der Waals surface area (Å²) in [4.78, 5) is 45.9. The van der Waals surface area contributed by atoms with Crippen molar-refractivity contribution in [1.29, 1.82) is 10.5 Å². The summed E-state index contributed by atoms with van der Waals surface area (Å²) in [6, 6.07) is 14.2. The average Bonchev–Trinajstić information content (AvgIpc) is 3.93. The Morgan fingerprint density at radius 1 is 0.765 bits per heavy atom. The molecule has 0 radical (unpaired) electrons. The number of fused-ring (bicyclic) bond motifs is 2. The maximum atomic E-state index is 14.9. The number of carbonyl (C=O) groups excluding carboxylic acids is 2. The predicted octanol–water partition coefficient (Wildman–Crippen LogP) is 5.15. The van der Waals surface area contributed by atoms with Crippen LogP contribution < -0.4 is 21.3 Å². The molecule has 6 N–H and O–H groups in total. The lowest BCUT2D eigenvalue weighted by molar-refractivity contribution is -0.00209. The number of nitrogens with one attached hydrogen (secondary N) is 4. The van der Waals surface area contributed by atoms with Crippen LogP contribution in [0.2, 0.25) is 0 Å². The van der Waals surface area contributed by atoms with Crippen LogP contribution >= 0.6 is 0 Å². The molecular weight excluding hydrogens is 879 g/mol. The van der Waals surface area contributed by atoms with Crippen molar-refractivity contribution in [3.63, 3.8) is 0 Å². The second-order valence-electron chi connectivity index (χ2n) is 18.3. The van der Waals surface area contributed by atoms with Gasteiger partial charge in [-0.15, -0.1) is 0 Å². The van der Waals surface area contributed by atoms with Crippen molar-refractivity contribution < 1.29 is 38.1 Å². The molecule has 5 atom stereocenters. The van der Waals surface area contributed by atoms with E-state index >= 15 is 0 Å². The van der Waals surface area contributed by atoms with Crippen LogP contribution in [0.15, 0.2) is 67.4 Å². The predicted molar refractivity (Wildman–Crippen MR) is 247 cm³/mol. The molecule has 354 valence electrons. The summed E-state index contributed by atoms with van der Waals surface area (Å²) in [5.74, 6) is -0.765. The molecule has 68 heavy (non-hydrogen) atoms. The van der Waals surface area contributed by atoms with Crippen LogP contribution in [0.1, 0.15) is 90.4 Å². The van der Waals surface area contributed by atoms with Crippen molar-refractivity contribution in [1.82, 2.24) is 39.7 Å². The van der Waals surface area contributed by atoms with Gasteiger partial charge in [-0.3, -0.25) is 18.7 Å². The number of aliphatic hydroxyl groups is 2. The lowest BCUT2D eigenvalue weighted by Gasteiger charge is -2.32. The summed E-state index contributed by atoms with van der Waals surface area (Å²) in [6.45, 7) is 5.92. The van der Waals surface area contributed by atoms with Crippen molar-refractivity contribution in [2.24, 2.45) is 0 Å². The van der Waals surface area contributed by atoms with E-state index in [4.69, 9.17) is 14.5 Å². The Kier molecular flexibility index (Phi) is 13.7. The number of nitriles is 2. The zero-order chi connectivity index (χ0) is 48.3. The van der Waals surface area contributed by atoms with Crippen molar-refractivity contribution in [3.8, 4) is 23.8 Å². The summed E-state index contributed by atoms with van der Waals surface area (Å²) in [6.07, 6.45) is 5.99. The highest BCUT2D eigenvalue weighted by Gasteiger charge is 2.32. The van der Waals surface area contributed by atoms with Gasteiger partial charge >= 0.3 is 0 Å². The van der Waals surface area contributed by atoms with Gasteiger partial charge in [0.05, 0.1) is 83.8 Å². The van der Waals surface area contributed by atoms with E-state index in [2.05, 4.69) is 48.4 Å². The lowest BCUT2D eigenvalue weighted by atomic mass is 9.94. The van der Waals surface area contributed by atoms with Gasteiger partial charge in [0.15, 0.2) is 0 Å². The van der Waals surface area contributed by atoms with Crippen LogP contribution in [0.25, 0.3) is 33.7 Å². The van der Waals surface area contributed by atoms with E-state index in [0.717, 1.165) is 18.5 Å². The number of ether oxygens (including phenoxy) is 2. The molecule has 2 saturated heterocycles. The van der Waals surface area contributed by atoms with Crippen LogP contribution in [0.5, 0.6) is 0 Å². The molecule has 2 aliphatic heterocycles. The van der Waals surface area contributed by atoms with Crippen molar-refractivity contribution in [3.05, 3.63) is 95.3 Å². The number of hydrogen-bond acceptors (Lipinski definition) is 14. The minimum atomic E-state index is -1.76. The Bertz CT molecular complexity index is 2920. The van der Waals surface area contributed by atoms with Crippen molar-refractivity contribution >= 4 is 45.3 Å². The minimum Gasteiger partial charge on any atom is -0.387 e. The van der Waals surface area contributed by atoms with Gasteiger partial charge < -0.3 is 41.0 Å². The van der Waals surface area contributed by atoms with Gasteiger partial charge in [-0.25, -0.2) is 28.7 Å².